The van der Waals surface area contributed by atoms with E-state index in [0.29, 0.717) is 28.9 Å². The summed E-state index contributed by atoms with van der Waals surface area (Å²) < 4.78 is 5.83. The number of benzene rings is 1. The first-order chi connectivity index (χ1) is 9.93. The number of carboxylic acids is 1. The van der Waals surface area contributed by atoms with Crippen molar-refractivity contribution in [3.8, 4) is 5.75 Å². The minimum Gasteiger partial charge on any atom is -0.496 e. The van der Waals surface area contributed by atoms with Gasteiger partial charge in [0.1, 0.15) is 11.8 Å². The summed E-state index contributed by atoms with van der Waals surface area (Å²) in [6, 6.07) is 3.97. The summed E-state index contributed by atoms with van der Waals surface area (Å²) in [5.41, 5.74) is 0.580. The molecular formula is C14H17BrN2O4. The van der Waals surface area contributed by atoms with Crippen molar-refractivity contribution in [2.75, 3.05) is 19.0 Å². The van der Waals surface area contributed by atoms with Crippen LogP contribution in [0.5, 0.6) is 5.75 Å². The van der Waals surface area contributed by atoms with Gasteiger partial charge in [-0.1, -0.05) is 6.92 Å². The van der Waals surface area contributed by atoms with Crippen molar-refractivity contribution >= 4 is 33.6 Å². The second-order valence-corrected chi connectivity index (χ2v) is 5.88. The minimum atomic E-state index is -0.967. The summed E-state index contributed by atoms with van der Waals surface area (Å²) in [5, 5.41) is 12.0. The van der Waals surface area contributed by atoms with Crippen molar-refractivity contribution in [2.45, 2.75) is 19.4 Å². The van der Waals surface area contributed by atoms with Gasteiger partial charge in [-0.2, -0.15) is 0 Å². The predicted molar refractivity (Wildman–Crippen MR) is 81.6 cm³/mol. The molecule has 1 heterocycles. The minimum absolute atomic E-state index is 0.0455. The van der Waals surface area contributed by atoms with Gasteiger partial charge in [0.05, 0.1) is 11.6 Å². The van der Waals surface area contributed by atoms with Crippen molar-refractivity contribution in [1.82, 2.24) is 4.90 Å². The molecule has 2 amide bonds. The first-order valence-corrected chi connectivity index (χ1v) is 7.37. The largest absolute Gasteiger partial charge is 0.496 e. The number of nitrogens with one attached hydrogen (secondary N) is 1. The van der Waals surface area contributed by atoms with Gasteiger partial charge >= 0.3 is 12.0 Å². The number of methoxy groups -OCH3 is 1. The van der Waals surface area contributed by atoms with Crippen molar-refractivity contribution in [1.29, 1.82) is 0 Å². The van der Waals surface area contributed by atoms with E-state index in [4.69, 9.17) is 4.74 Å². The summed E-state index contributed by atoms with van der Waals surface area (Å²) in [7, 11) is 1.56. The van der Waals surface area contributed by atoms with E-state index in [-0.39, 0.29) is 5.92 Å². The fraction of sp³-hybridized carbons (Fsp3) is 0.429. The number of likely N-dealkylation sites (tertiary alicyclic amines) is 1. The zero-order chi connectivity index (χ0) is 15.6. The van der Waals surface area contributed by atoms with Crippen LogP contribution in [0.25, 0.3) is 0 Å². The number of carboxylic acid groups (broad SMARTS) is 1. The van der Waals surface area contributed by atoms with Gasteiger partial charge in [0.2, 0.25) is 0 Å². The second-order valence-electron chi connectivity index (χ2n) is 5.02. The molecular weight excluding hydrogens is 340 g/mol. The Morgan fingerprint density at radius 1 is 1.48 bits per heavy atom. The number of carbonyl (C=O) groups excluding carboxylic acids is 1. The normalized spacial score (nSPS) is 21.2. The number of anilines is 1. The Labute approximate surface area is 131 Å². The van der Waals surface area contributed by atoms with E-state index in [1.165, 1.54) is 4.90 Å². The summed E-state index contributed by atoms with van der Waals surface area (Å²) >= 11 is 3.34. The van der Waals surface area contributed by atoms with E-state index in [9.17, 15) is 14.7 Å². The molecule has 1 aliphatic heterocycles. The molecule has 114 valence electrons. The van der Waals surface area contributed by atoms with Crippen molar-refractivity contribution in [3.63, 3.8) is 0 Å². The molecule has 0 saturated carbocycles. The zero-order valence-electron chi connectivity index (χ0n) is 11.8. The highest BCUT2D eigenvalue weighted by Gasteiger charge is 2.39. The first kappa shape index (κ1) is 15.6. The van der Waals surface area contributed by atoms with E-state index in [1.807, 2.05) is 6.92 Å². The molecule has 0 aliphatic carbocycles. The van der Waals surface area contributed by atoms with Gasteiger partial charge in [-0.3, -0.25) is 0 Å². The maximum Gasteiger partial charge on any atom is 0.326 e. The van der Waals surface area contributed by atoms with Gasteiger partial charge in [0, 0.05) is 12.2 Å². The maximum absolute atomic E-state index is 12.2. The van der Waals surface area contributed by atoms with Crippen molar-refractivity contribution in [3.05, 3.63) is 22.7 Å². The number of hydrogen-bond acceptors (Lipinski definition) is 3. The Bertz CT molecular complexity index is 564. The number of nitrogens with zero attached hydrogens (tertiary/aromatic N) is 1. The monoisotopic (exact) mass is 356 g/mol. The fourth-order valence-electron chi connectivity index (χ4n) is 2.49. The van der Waals surface area contributed by atoms with Crippen LogP contribution in [-0.2, 0) is 4.79 Å². The smallest absolute Gasteiger partial charge is 0.326 e. The lowest BCUT2D eigenvalue weighted by Gasteiger charge is -2.23. The Morgan fingerprint density at radius 3 is 2.76 bits per heavy atom. The molecule has 0 aromatic heterocycles. The summed E-state index contributed by atoms with van der Waals surface area (Å²) in [6.07, 6.45) is 0.691. The van der Waals surface area contributed by atoms with E-state index in [2.05, 4.69) is 21.2 Å². The number of carbonyl (C=O) groups is 2. The molecule has 1 aromatic rings. The lowest BCUT2D eigenvalue weighted by molar-refractivity contribution is -0.142. The van der Waals surface area contributed by atoms with E-state index in [1.54, 1.807) is 25.3 Å². The molecule has 6 nitrogen and oxygen atoms in total. The number of rotatable bonds is 3. The van der Waals surface area contributed by atoms with E-state index >= 15 is 0 Å². The number of hydrogen-bond donors (Lipinski definition) is 2. The zero-order valence-corrected chi connectivity index (χ0v) is 13.4. The standard InChI is InChI=1S/C14H17BrN2O4/c1-8-5-6-17(12(8)13(18)19)14(20)16-9-3-4-11(21-2)10(15)7-9/h3-4,7-8,12H,5-6H2,1-2H3,(H,16,20)(H,18,19). The summed E-state index contributed by atoms with van der Waals surface area (Å²) in [6.45, 7) is 2.29. The van der Waals surface area contributed by atoms with Gasteiger partial charge in [-0.05, 0) is 46.5 Å². The van der Waals surface area contributed by atoms with Crippen LogP contribution in [0.2, 0.25) is 0 Å². The van der Waals surface area contributed by atoms with E-state index in [0.717, 1.165) is 0 Å². The van der Waals surface area contributed by atoms with Gasteiger partial charge in [0.15, 0.2) is 0 Å². The second kappa shape index (κ2) is 6.34. The first-order valence-electron chi connectivity index (χ1n) is 6.58. The molecule has 1 fully saturated rings. The SMILES string of the molecule is COc1ccc(NC(=O)N2CCC(C)C2C(=O)O)cc1Br. The maximum atomic E-state index is 12.2. The van der Waals surface area contributed by atoms with Gasteiger partial charge < -0.3 is 20.1 Å². The van der Waals surface area contributed by atoms with Crippen molar-refractivity contribution < 1.29 is 19.4 Å². The van der Waals surface area contributed by atoms with E-state index < -0.39 is 18.0 Å². The third-order valence-electron chi connectivity index (χ3n) is 3.62. The van der Waals surface area contributed by atoms with Crippen LogP contribution in [-0.4, -0.2) is 41.7 Å². The van der Waals surface area contributed by atoms with Crippen LogP contribution in [0.4, 0.5) is 10.5 Å². The highest BCUT2D eigenvalue weighted by molar-refractivity contribution is 9.10. The molecule has 2 atom stereocenters. The number of halogens is 1. The number of ether oxygens (including phenoxy) is 1. The molecule has 2 unspecified atom stereocenters. The third kappa shape index (κ3) is 3.29. The quantitative estimate of drug-likeness (QED) is 0.872. The number of aliphatic carboxylic acids is 1. The fourth-order valence-corrected chi connectivity index (χ4v) is 3.03. The summed E-state index contributed by atoms with van der Waals surface area (Å²) in [4.78, 5) is 24.9. The predicted octanol–water partition coefficient (Wildman–Crippen LogP) is 2.78. The van der Waals surface area contributed by atoms with Crippen LogP contribution < -0.4 is 10.1 Å². The molecule has 2 N–H and O–H groups in total. The molecule has 2 rings (SSSR count). The molecule has 21 heavy (non-hydrogen) atoms. The average molecular weight is 357 g/mol. The molecule has 1 saturated heterocycles. The molecule has 1 aliphatic rings. The van der Waals surface area contributed by atoms with Crippen molar-refractivity contribution in [2.24, 2.45) is 5.92 Å². The van der Waals surface area contributed by atoms with Crippen LogP contribution in [0.3, 0.4) is 0 Å². The Kier molecular flexibility index (Phi) is 4.72. The summed E-state index contributed by atoms with van der Waals surface area (Å²) in [5.74, 6) is -0.354. The van der Waals surface area contributed by atoms with Gasteiger partial charge in [0.25, 0.3) is 0 Å². The van der Waals surface area contributed by atoms with Gasteiger partial charge in [-0.25, -0.2) is 9.59 Å². The molecule has 7 heteroatoms. The van der Waals surface area contributed by atoms with Crippen LogP contribution >= 0.6 is 15.9 Å². The van der Waals surface area contributed by atoms with Crippen LogP contribution in [0.1, 0.15) is 13.3 Å². The number of amides is 2. The Hall–Kier alpha value is -1.76. The van der Waals surface area contributed by atoms with Crippen LogP contribution in [0.15, 0.2) is 22.7 Å². The topological polar surface area (TPSA) is 78.9 Å². The Morgan fingerprint density at radius 2 is 2.19 bits per heavy atom. The third-order valence-corrected chi connectivity index (χ3v) is 4.24. The van der Waals surface area contributed by atoms with Crippen LogP contribution in [0, 0.1) is 5.92 Å². The molecule has 0 spiro atoms. The lowest BCUT2D eigenvalue weighted by Crippen LogP contribution is -2.44. The average Bonchev–Trinajstić information content (AvgIpc) is 2.81. The molecule has 0 bridgehead atoms. The highest BCUT2D eigenvalue weighted by atomic mass is 79.9. The van der Waals surface area contributed by atoms with Gasteiger partial charge in [-0.15, -0.1) is 0 Å². The number of urea groups is 1. The molecule has 1 aromatic carbocycles. The highest BCUT2D eigenvalue weighted by Crippen LogP contribution is 2.29. The lowest BCUT2D eigenvalue weighted by atomic mass is 10.0. The molecule has 0 radical (unpaired) electrons. The Balaban J connectivity index is 2.11.